The van der Waals surface area contributed by atoms with Gasteiger partial charge in [0.25, 0.3) is 0 Å². The Morgan fingerprint density at radius 1 is 1.00 bits per heavy atom. The Balaban J connectivity index is 1.91. The van der Waals surface area contributed by atoms with E-state index in [0.717, 1.165) is 40.0 Å². The molecule has 0 atom stereocenters. The third-order valence-electron chi connectivity index (χ3n) is 3.44. The molecule has 96 valence electrons. The molecule has 2 aromatic heterocycles. The van der Waals surface area contributed by atoms with Crippen molar-refractivity contribution < 1.29 is 4.42 Å². The van der Waals surface area contributed by atoms with Crippen LogP contribution in [0.5, 0.6) is 0 Å². The molecule has 0 amide bonds. The Morgan fingerprint density at radius 3 is 2.70 bits per heavy atom. The Morgan fingerprint density at radius 2 is 1.90 bits per heavy atom. The van der Waals surface area contributed by atoms with Gasteiger partial charge in [0.2, 0.25) is 0 Å². The van der Waals surface area contributed by atoms with E-state index in [1.165, 1.54) is 0 Å². The molecule has 0 radical (unpaired) electrons. The summed E-state index contributed by atoms with van der Waals surface area (Å²) in [5.41, 5.74) is 5.87. The predicted molar refractivity (Wildman–Crippen MR) is 80.8 cm³/mol. The summed E-state index contributed by atoms with van der Waals surface area (Å²) in [4.78, 5) is 8.95. The van der Waals surface area contributed by atoms with E-state index in [1.54, 1.807) is 6.26 Å². The first-order chi connectivity index (χ1) is 9.92. The lowest BCUT2D eigenvalue weighted by Gasteiger charge is -2.00. The second-order valence-corrected chi connectivity index (χ2v) is 4.71. The van der Waals surface area contributed by atoms with Crippen molar-refractivity contribution in [1.82, 2.24) is 4.98 Å². The molecule has 4 rings (SSSR count). The summed E-state index contributed by atoms with van der Waals surface area (Å²) in [6.07, 6.45) is 5.72. The van der Waals surface area contributed by atoms with E-state index in [2.05, 4.69) is 23.2 Å². The van der Waals surface area contributed by atoms with Crippen molar-refractivity contribution >= 4 is 22.9 Å². The largest absolute Gasteiger partial charge is 0.462 e. The maximum atomic E-state index is 5.61. The van der Waals surface area contributed by atoms with Gasteiger partial charge in [0.05, 0.1) is 12.2 Å². The lowest BCUT2D eigenvalue weighted by molar-refractivity contribution is 0.616. The summed E-state index contributed by atoms with van der Waals surface area (Å²) in [7, 11) is 0. The molecular weight excluding hydrogens is 248 g/mol. The molecule has 0 saturated carbocycles. The standard InChI is InChI=1S/C17H12N2O/c1-2-4-12(5-3-1)14-11-20-16-7-6-15(19-17(14)16)13-8-9-18-10-13/h1-8,10-11H,9H2. The molecule has 3 nitrogen and oxygen atoms in total. The molecule has 1 aliphatic heterocycles. The minimum atomic E-state index is 0.742. The van der Waals surface area contributed by atoms with Crippen molar-refractivity contribution in [1.29, 1.82) is 0 Å². The second kappa shape index (κ2) is 4.46. The van der Waals surface area contributed by atoms with Gasteiger partial charge in [-0.05, 0) is 17.7 Å². The van der Waals surface area contributed by atoms with Gasteiger partial charge in [0.15, 0.2) is 5.58 Å². The summed E-state index contributed by atoms with van der Waals surface area (Å²) in [5.74, 6) is 0. The van der Waals surface area contributed by atoms with Gasteiger partial charge in [-0.1, -0.05) is 36.4 Å². The van der Waals surface area contributed by atoms with Crippen LogP contribution in [0.25, 0.3) is 27.8 Å². The van der Waals surface area contributed by atoms with Crippen LogP contribution in [0.4, 0.5) is 0 Å². The first kappa shape index (κ1) is 11.2. The van der Waals surface area contributed by atoms with E-state index in [1.807, 2.05) is 36.5 Å². The Bertz CT molecular complexity index is 829. The van der Waals surface area contributed by atoms with E-state index in [-0.39, 0.29) is 0 Å². The van der Waals surface area contributed by atoms with Gasteiger partial charge < -0.3 is 4.42 Å². The number of nitrogens with zero attached hydrogens (tertiary/aromatic N) is 2. The van der Waals surface area contributed by atoms with Gasteiger partial charge in [-0.15, -0.1) is 0 Å². The molecule has 0 fully saturated rings. The monoisotopic (exact) mass is 260 g/mol. The van der Waals surface area contributed by atoms with Crippen LogP contribution in [-0.4, -0.2) is 17.7 Å². The first-order valence-electron chi connectivity index (χ1n) is 6.56. The minimum absolute atomic E-state index is 0.742. The normalized spacial score (nSPS) is 13.9. The fourth-order valence-corrected chi connectivity index (χ4v) is 2.42. The highest BCUT2D eigenvalue weighted by Gasteiger charge is 2.12. The quantitative estimate of drug-likeness (QED) is 0.699. The molecule has 1 aromatic carbocycles. The number of fused-ring (bicyclic) bond motifs is 1. The summed E-state index contributed by atoms with van der Waals surface area (Å²) in [5, 5.41) is 0. The number of pyridine rings is 1. The summed E-state index contributed by atoms with van der Waals surface area (Å²) < 4.78 is 5.61. The number of rotatable bonds is 2. The third-order valence-corrected chi connectivity index (χ3v) is 3.44. The van der Waals surface area contributed by atoms with Crippen LogP contribution in [-0.2, 0) is 0 Å². The fraction of sp³-hybridized carbons (Fsp3) is 0.0588. The van der Waals surface area contributed by atoms with E-state index in [0.29, 0.717) is 0 Å². The van der Waals surface area contributed by atoms with E-state index in [4.69, 9.17) is 9.40 Å². The Labute approximate surface area is 116 Å². The molecule has 0 unspecified atom stereocenters. The topological polar surface area (TPSA) is 38.4 Å². The predicted octanol–water partition coefficient (Wildman–Crippen LogP) is 3.96. The van der Waals surface area contributed by atoms with E-state index >= 15 is 0 Å². The van der Waals surface area contributed by atoms with Crippen molar-refractivity contribution in [3.8, 4) is 11.1 Å². The number of hydrogen-bond acceptors (Lipinski definition) is 3. The Hall–Kier alpha value is -2.68. The van der Waals surface area contributed by atoms with E-state index in [9.17, 15) is 0 Å². The van der Waals surface area contributed by atoms with Crippen molar-refractivity contribution in [3.63, 3.8) is 0 Å². The van der Waals surface area contributed by atoms with E-state index < -0.39 is 0 Å². The molecule has 20 heavy (non-hydrogen) atoms. The van der Waals surface area contributed by atoms with Crippen molar-refractivity contribution in [3.05, 3.63) is 60.5 Å². The average molecular weight is 260 g/mol. The molecule has 3 heterocycles. The summed E-state index contributed by atoms with van der Waals surface area (Å²) >= 11 is 0. The Kier molecular flexibility index (Phi) is 2.49. The fourth-order valence-electron chi connectivity index (χ4n) is 2.42. The van der Waals surface area contributed by atoms with Crippen molar-refractivity contribution in [2.75, 3.05) is 6.54 Å². The molecule has 1 aliphatic rings. The molecule has 0 N–H and O–H groups in total. The van der Waals surface area contributed by atoms with Crippen LogP contribution in [0.15, 0.2) is 64.2 Å². The van der Waals surface area contributed by atoms with Gasteiger partial charge in [-0.2, -0.15) is 0 Å². The zero-order valence-electron chi connectivity index (χ0n) is 10.8. The average Bonchev–Trinajstić information content (AvgIpc) is 3.17. The first-order valence-corrected chi connectivity index (χ1v) is 6.56. The van der Waals surface area contributed by atoms with Gasteiger partial charge in [0, 0.05) is 17.4 Å². The van der Waals surface area contributed by atoms with Gasteiger partial charge in [0.1, 0.15) is 11.8 Å². The number of benzene rings is 1. The number of hydrogen-bond donors (Lipinski definition) is 0. The zero-order valence-corrected chi connectivity index (χ0v) is 10.8. The van der Waals surface area contributed by atoms with Crippen LogP contribution in [0.2, 0.25) is 0 Å². The highest BCUT2D eigenvalue weighted by Crippen LogP contribution is 2.30. The number of aromatic nitrogens is 1. The minimum Gasteiger partial charge on any atom is -0.462 e. The summed E-state index contributed by atoms with van der Waals surface area (Å²) in [6.45, 7) is 0.742. The zero-order chi connectivity index (χ0) is 13.4. The summed E-state index contributed by atoms with van der Waals surface area (Å²) in [6, 6.07) is 14.1. The van der Waals surface area contributed by atoms with Crippen LogP contribution < -0.4 is 0 Å². The van der Waals surface area contributed by atoms with Gasteiger partial charge in [-0.3, -0.25) is 4.99 Å². The van der Waals surface area contributed by atoms with Crippen molar-refractivity contribution in [2.45, 2.75) is 0 Å². The van der Waals surface area contributed by atoms with Crippen LogP contribution >= 0.6 is 0 Å². The van der Waals surface area contributed by atoms with Gasteiger partial charge >= 0.3 is 0 Å². The van der Waals surface area contributed by atoms with Crippen LogP contribution in [0, 0.1) is 0 Å². The molecule has 0 saturated heterocycles. The second-order valence-electron chi connectivity index (χ2n) is 4.71. The van der Waals surface area contributed by atoms with Crippen molar-refractivity contribution in [2.24, 2.45) is 4.99 Å². The smallest absolute Gasteiger partial charge is 0.153 e. The highest BCUT2D eigenvalue weighted by atomic mass is 16.3. The van der Waals surface area contributed by atoms with Gasteiger partial charge in [-0.25, -0.2) is 4.98 Å². The highest BCUT2D eigenvalue weighted by molar-refractivity contribution is 6.11. The molecular formula is C17H12N2O. The molecule has 0 bridgehead atoms. The molecule has 0 aliphatic carbocycles. The molecule has 3 heteroatoms. The van der Waals surface area contributed by atoms with Crippen LogP contribution in [0.1, 0.15) is 5.69 Å². The lowest BCUT2D eigenvalue weighted by atomic mass is 10.1. The molecule has 0 spiro atoms. The maximum absolute atomic E-state index is 5.61. The molecule has 3 aromatic rings. The number of allylic oxidation sites excluding steroid dienone is 1. The third kappa shape index (κ3) is 1.75. The SMILES string of the molecule is C1=NCC=C1c1ccc2occ(-c3ccccc3)c2n1. The lowest BCUT2D eigenvalue weighted by Crippen LogP contribution is -1.89. The van der Waals surface area contributed by atoms with Crippen LogP contribution in [0.3, 0.4) is 0 Å². The number of aliphatic imine (C=N–C) groups is 1. The maximum Gasteiger partial charge on any atom is 0.153 e. The number of furan rings is 1.